The quantitative estimate of drug-likeness (QED) is 0.706. The molecule has 76 valence electrons. The van der Waals surface area contributed by atoms with Crippen LogP contribution < -0.4 is 10.2 Å². The second-order valence-electron chi connectivity index (χ2n) is 3.64. The number of nitrogens with one attached hydrogen (secondary N) is 1. The van der Waals surface area contributed by atoms with Gasteiger partial charge in [-0.2, -0.15) is 5.48 Å². The lowest BCUT2D eigenvalue weighted by atomic mass is 9.88. The molecule has 1 aliphatic carbocycles. The van der Waals surface area contributed by atoms with Crippen LogP contribution in [0, 0.1) is 0 Å². The van der Waals surface area contributed by atoms with E-state index in [-0.39, 0.29) is 6.04 Å². The monoisotopic (exact) mass is 193 g/mol. The molecular formula is C11H15NO2. The van der Waals surface area contributed by atoms with E-state index in [1.54, 1.807) is 7.11 Å². The molecule has 2 N–H and O–H groups in total. The molecule has 0 spiro atoms. The predicted molar refractivity (Wildman–Crippen MR) is 53.6 cm³/mol. The maximum Gasteiger partial charge on any atom is 0.119 e. The van der Waals surface area contributed by atoms with E-state index >= 15 is 0 Å². The molecule has 0 saturated carbocycles. The molecule has 0 saturated heterocycles. The highest BCUT2D eigenvalue weighted by Crippen LogP contribution is 2.31. The second kappa shape index (κ2) is 3.98. The highest BCUT2D eigenvalue weighted by molar-refractivity contribution is 5.39. The molecule has 3 nitrogen and oxygen atoms in total. The number of hydrogen-bond acceptors (Lipinski definition) is 3. The molecule has 0 bridgehead atoms. The summed E-state index contributed by atoms with van der Waals surface area (Å²) in [6.07, 6.45) is 3.20. The van der Waals surface area contributed by atoms with E-state index in [2.05, 4.69) is 11.5 Å². The van der Waals surface area contributed by atoms with Crippen molar-refractivity contribution < 1.29 is 9.94 Å². The van der Waals surface area contributed by atoms with Crippen LogP contribution >= 0.6 is 0 Å². The van der Waals surface area contributed by atoms with Crippen LogP contribution in [0.3, 0.4) is 0 Å². The van der Waals surface area contributed by atoms with Crippen LogP contribution in [0.15, 0.2) is 18.2 Å². The van der Waals surface area contributed by atoms with E-state index in [9.17, 15) is 0 Å². The van der Waals surface area contributed by atoms with Crippen LogP contribution in [0.1, 0.15) is 30.0 Å². The standard InChI is InChI=1S/C11H15NO2/c1-14-9-6-5-8-3-2-4-11(12-13)10(8)7-9/h5-7,11-13H,2-4H2,1H3. The fraction of sp³-hybridized carbons (Fsp3) is 0.455. The maximum atomic E-state index is 9.01. The van der Waals surface area contributed by atoms with E-state index in [0.717, 1.165) is 30.6 Å². The van der Waals surface area contributed by atoms with Crippen molar-refractivity contribution in [3.63, 3.8) is 0 Å². The molecule has 0 fully saturated rings. The van der Waals surface area contributed by atoms with Crippen molar-refractivity contribution in [3.05, 3.63) is 29.3 Å². The first-order valence-electron chi connectivity index (χ1n) is 4.91. The number of aryl methyl sites for hydroxylation is 1. The number of ether oxygens (including phenoxy) is 1. The van der Waals surface area contributed by atoms with Crippen LogP contribution in [0.2, 0.25) is 0 Å². The molecule has 1 aromatic carbocycles. The molecule has 1 unspecified atom stereocenters. The van der Waals surface area contributed by atoms with Crippen molar-refractivity contribution in [1.29, 1.82) is 0 Å². The lowest BCUT2D eigenvalue weighted by Gasteiger charge is -2.24. The molecule has 3 heteroatoms. The van der Waals surface area contributed by atoms with Gasteiger partial charge in [-0.1, -0.05) is 6.07 Å². The Kier molecular flexibility index (Phi) is 2.70. The zero-order valence-electron chi connectivity index (χ0n) is 8.29. The summed E-state index contributed by atoms with van der Waals surface area (Å²) in [5.74, 6) is 0.853. The van der Waals surface area contributed by atoms with Gasteiger partial charge in [-0.15, -0.1) is 0 Å². The molecular weight excluding hydrogens is 178 g/mol. The zero-order valence-corrected chi connectivity index (χ0v) is 8.29. The Bertz CT molecular complexity index is 325. The van der Waals surface area contributed by atoms with Gasteiger partial charge in [-0.3, -0.25) is 0 Å². The van der Waals surface area contributed by atoms with Gasteiger partial charge in [0, 0.05) is 0 Å². The van der Waals surface area contributed by atoms with Crippen LogP contribution in [0.4, 0.5) is 0 Å². The van der Waals surface area contributed by atoms with Crippen molar-refractivity contribution in [2.75, 3.05) is 7.11 Å². The summed E-state index contributed by atoms with van der Waals surface area (Å²) in [5.41, 5.74) is 4.83. The maximum absolute atomic E-state index is 9.01. The third-order valence-corrected chi connectivity index (χ3v) is 2.82. The van der Waals surface area contributed by atoms with E-state index in [4.69, 9.17) is 9.94 Å². The Labute approximate surface area is 83.7 Å². The summed E-state index contributed by atoms with van der Waals surface area (Å²) in [7, 11) is 1.66. The molecule has 1 aromatic rings. The van der Waals surface area contributed by atoms with Gasteiger partial charge in [0.2, 0.25) is 0 Å². The van der Waals surface area contributed by atoms with E-state index < -0.39 is 0 Å². The van der Waals surface area contributed by atoms with Gasteiger partial charge in [0.05, 0.1) is 13.2 Å². The molecule has 0 heterocycles. The molecule has 0 amide bonds. The summed E-state index contributed by atoms with van der Waals surface area (Å²) in [4.78, 5) is 0. The van der Waals surface area contributed by atoms with Gasteiger partial charge in [-0.05, 0) is 42.5 Å². The first kappa shape index (κ1) is 9.49. The van der Waals surface area contributed by atoms with Crippen LogP contribution in [0.25, 0.3) is 0 Å². The van der Waals surface area contributed by atoms with Crippen molar-refractivity contribution in [2.24, 2.45) is 0 Å². The topological polar surface area (TPSA) is 41.5 Å². The number of benzene rings is 1. The van der Waals surface area contributed by atoms with Crippen molar-refractivity contribution in [2.45, 2.75) is 25.3 Å². The molecule has 0 radical (unpaired) electrons. The number of fused-ring (bicyclic) bond motifs is 1. The predicted octanol–water partition coefficient (Wildman–Crippen LogP) is 2.05. The van der Waals surface area contributed by atoms with Gasteiger partial charge in [-0.25, -0.2) is 0 Å². The SMILES string of the molecule is COc1ccc2c(c1)C(NO)CCC2. The lowest BCUT2D eigenvalue weighted by molar-refractivity contribution is 0.117. The third kappa shape index (κ3) is 1.61. The average molecular weight is 193 g/mol. The average Bonchev–Trinajstić information content (AvgIpc) is 2.27. The molecule has 1 aliphatic rings. The van der Waals surface area contributed by atoms with Crippen molar-refractivity contribution >= 4 is 0 Å². The third-order valence-electron chi connectivity index (χ3n) is 2.82. The van der Waals surface area contributed by atoms with E-state index in [1.807, 2.05) is 12.1 Å². The summed E-state index contributed by atoms with van der Waals surface area (Å²) in [5, 5.41) is 9.01. The van der Waals surface area contributed by atoms with E-state index in [0.29, 0.717) is 0 Å². The summed E-state index contributed by atoms with van der Waals surface area (Å²) in [6.45, 7) is 0. The summed E-state index contributed by atoms with van der Waals surface area (Å²) < 4.78 is 5.16. The molecule has 0 aliphatic heterocycles. The smallest absolute Gasteiger partial charge is 0.119 e. The fourth-order valence-corrected chi connectivity index (χ4v) is 2.04. The molecule has 1 atom stereocenters. The largest absolute Gasteiger partial charge is 0.497 e. The van der Waals surface area contributed by atoms with E-state index in [1.165, 1.54) is 5.56 Å². The molecule has 2 rings (SSSR count). The van der Waals surface area contributed by atoms with Gasteiger partial charge >= 0.3 is 0 Å². The van der Waals surface area contributed by atoms with Gasteiger partial charge in [0.1, 0.15) is 5.75 Å². The molecule has 0 aromatic heterocycles. The highest BCUT2D eigenvalue weighted by atomic mass is 16.5. The Balaban J connectivity index is 2.38. The van der Waals surface area contributed by atoms with Crippen LogP contribution in [-0.2, 0) is 6.42 Å². The normalized spacial score (nSPS) is 20.3. The van der Waals surface area contributed by atoms with Crippen LogP contribution in [0.5, 0.6) is 5.75 Å². The van der Waals surface area contributed by atoms with Crippen molar-refractivity contribution in [3.8, 4) is 5.75 Å². The first-order chi connectivity index (χ1) is 6.85. The minimum Gasteiger partial charge on any atom is -0.497 e. The Hall–Kier alpha value is -1.06. The van der Waals surface area contributed by atoms with Gasteiger partial charge in [0.15, 0.2) is 0 Å². The number of hydrogen-bond donors (Lipinski definition) is 2. The fourth-order valence-electron chi connectivity index (χ4n) is 2.04. The number of hydroxylamine groups is 1. The Morgan fingerprint density at radius 3 is 3.07 bits per heavy atom. The number of rotatable bonds is 2. The van der Waals surface area contributed by atoms with Crippen molar-refractivity contribution in [1.82, 2.24) is 5.48 Å². The van der Waals surface area contributed by atoms with Gasteiger partial charge in [0.25, 0.3) is 0 Å². The number of methoxy groups -OCH3 is 1. The van der Waals surface area contributed by atoms with Gasteiger partial charge < -0.3 is 9.94 Å². The first-order valence-corrected chi connectivity index (χ1v) is 4.91. The Morgan fingerprint density at radius 1 is 1.50 bits per heavy atom. The summed E-state index contributed by atoms with van der Waals surface area (Å²) >= 11 is 0. The molecule has 14 heavy (non-hydrogen) atoms. The highest BCUT2D eigenvalue weighted by Gasteiger charge is 2.19. The van der Waals surface area contributed by atoms with Crippen LogP contribution in [-0.4, -0.2) is 12.3 Å². The lowest BCUT2D eigenvalue weighted by Crippen LogP contribution is -2.22. The second-order valence-corrected chi connectivity index (χ2v) is 3.64. The minimum atomic E-state index is 0.0637. The minimum absolute atomic E-state index is 0.0637. The Morgan fingerprint density at radius 2 is 2.36 bits per heavy atom. The summed E-state index contributed by atoms with van der Waals surface area (Å²) in [6, 6.07) is 6.12. The zero-order chi connectivity index (χ0) is 9.97.